The normalized spacial score (nSPS) is 9.85. The molecule has 70 valence electrons. The summed E-state index contributed by atoms with van der Waals surface area (Å²) in [5.74, 6) is -5.55. The van der Waals surface area contributed by atoms with E-state index in [2.05, 4.69) is 5.18 Å². The van der Waals surface area contributed by atoms with E-state index < -0.39 is 34.4 Å². The predicted molar refractivity (Wildman–Crippen MR) is 40.2 cm³/mol. The van der Waals surface area contributed by atoms with Crippen LogP contribution in [0.3, 0.4) is 0 Å². The summed E-state index contributed by atoms with van der Waals surface area (Å²) in [6, 6.07) is 0. The molecule has 1 aromatic rings. The largest absolute Gasteiger partial charge is 0.502 e. The van der Waals surface area contributed by atoms with Crippen LogP contribution in [0.2, 0.25) is 0 Å². The van der Waals surface area contributed by atoms with Gasteiger partial charge in [-0.05, 0) is 5.18 Å². The average Bonchev–Trinajstić information content (AvgIpc) is 2.13. The zero-order chi connectivity index (χ0) is 10.2. The molecule has 0 heterocycles. The van der Waals surface area contributed by atoms with Crippen LogP contribution in [-0.2, 0) is 0 Å². The molecule has 0 amide bonds. The molecular weight excluding hydrogens is 182 g/mol. The number of benzene rings is 1. The highest BCUT2D eigenvalue weighted by atomic mass is 16.4. The third-order valence-electron chi connectivity index (χ3n) is 1.44. The molecule has 0 aromatic heterocycles. The van der Waals surface area contributed by atoms with E-state index >= 15 is 0 Å². The van der Waals surface area contributed by atoms with Crippen molar-refractivity contribution in [2.75, 3.05) is 0 Å². The van der Waals surface area contributed by atoms with Crippen molar-refractivity contribution >= 4 is 5.69 Å². The van der Waals surface area contributed by atoms with Crippen LogP contribution < -0.4 is 0 Å². The number of hydrogen-bond acceptors (Lipinski definition) is 7. The Morgan fingerprint density at radius 2 is 1.00 bits per heavy atom. The summed E-state index contributed by atoms with van der Waals surface area (Å²) in [6.45, 7) is 0. The number of aromatic hydroxyl groups is 5. The van der Waals surface area contributed by atoms with Gasteiger partial charge in [0.1, 0.15) is 0 Å². The lowest BCUT2D eigenvalue weighted by Crippen LogP contribution is -1.77. The summed E-state index contributed by atoms with van der Waals surface area (Å²) in [6.07, 6.45) is 0. The highest BCUT2D eigenvalue weighted by molar-refractivity contribution is 5.76. The van der Waals surface area contributed by atoms with Gasteiger partial charge in [-0.2, -0.15) is 0 Å². The number of nitroso groups, excluding NO2 is 1. The van der Waals surface area contributed by atoms with Crippen LogP contribution in [0.1, 0.15) is 0 Å². The molecule has 1 aromatic carbocycles. The summed E-state index contributed by atoms with van der Waals surface area (Å²) in [7, 11) is 0. The van der Waals surface area contributed by atoms with Crippen LogP contribution in [0, 0.1) is 4.91 Å². The van der Waals surface area contributed by atoms with Crippen LogP contribution in [0.15, 0.2) is 5.18 Å². The van der Waals surface area contributed by atoms with Gasteiger partial charge in [-0.1, -0.05) is 0 Å². The van der Waals surface area contributed by atoms with Gasteiger partial charge in [-0.25, -0.2) is 0 Å². The number of phenolic OH excluding ortho intramolecular Hbond substituents is 5. The van der Waals surface area contributed by atoms with Gasteiger partial charge < -0.3 is 25.5 Å². The van der Waals surface area contributed by atoms with E-state index in [1.807, 2.05) is 0 Å². The Hall–Kier alpha value is -2.18. The first-order chi connectivity index (χ1) is 6.00. The Morgan fingerprint density at radius 1 is 0.692 bits per heavy atom. The highest BCUT2D eigenvalue weighted by Gasteiger charge is 2.23. The van der Waals surface area contributed by atoms with Crippen molar-refractivity contribution in [1.29, 1.82) is 0 Å². The molecular formula is C6H5NO6. The molecule has 13 heavy (non-hydrogen) atoms. The minimum absolute atomic E-state index is 0.937. The van der Waals surface area contributed by atoms with Crippen LogP contribution >= 0.6 is 0 Å². The SMILES string of the molecule is O=Nc1c(O)c(O)c(O)c(O)c1O. The molecule has 5 N–H and O–H groups in total. The maximum Gasteiger partial charge on any atom is 0.208 e. The van der Waals surface area contributed by atoms with Crippen molar-refractivity contribution < 1.29 is 25.5 Å². The van der Waals surface area contributed by atoms with Gasteiger partial charge in [0.05, 0.1) is 0 Å². The van der Waals surface area contributed by atoms with Crippen molar-refractivity contribution in [2.45, 2.75) is 0 Å². The van der Waals surface area contributed by atoms with Crippen LogP contribution in [0.25, 0.3) is 0 Å². The van der Waals surface area contributed by atoms with Gasteiger partial charge in [-0.3, -0.25) is 0 Å². The topological polar surface area (TPSA) is 131 Å². The summed E-state index contributed by atoms with van der Waals surface area (Å²) in [5.41, 5.74) is -0.937. The van der Waals surface area contributed by atoms with Crippen molar-refractivity contribution in [3.05, 3.63) is 4.91 Å². The Bertz CT molecular complexity index is 345. The molecule has 0 fully saturated rings. The second-order valence-corrected chi connectivity index (χ2v) is 2.18. The fourth-order valence-corrected chi connectivity index (χ4v) is 0.759. The summed E-state index contributed by atoms with van der Waals surface area (Å²) >= 11 is 0. The quantitative estimate of drug-likeness (QED) is 0.248. The molecule has 0 aliphatic rings. The molecule has 1 rings (SSSR count). The lowest BCUT2D eigenvalue weighted by molar-refractivity contribution is 0.330. The number of phenols is 5. The average molecular weight is 187 g/mol. The van der Waals surface area contributed by atoms with Crippen LogP contribution in [-0.4, -0.2) is 25.5 Å². The molecule has 0 saturated carbocycles. The van der Waals surface area contributed by atoms with Crippen molar-refractivity contribution in [3.8, 4) is 28.7 Å². The molecule has 0 spiro atoms. The standard InChI is InChI=1S/C6H5NO6/c8-2-1(7-13)3(9)5(11)6(12)4(2)10/h8-12H. The zero-order valence-electron chi connectivity index (χ0n) is 6.09. The Labute approximate surface area is 71.1 Å². The summed E-state index contributed by atoms with van der Waals surface area (Å²) in [5, 5.41) is 46.5. The first-order valence-corrected chi connectivity index (χ1v) is 3.02. The van der Waals surface area contributed by atoms with E-state index in [9.17, 15) is 4.91 Å². The van der Waals surface area contributed by atoms with Gasteiger partial charge in [0.2, 0.25) is 17.2 Å². The lowest BCUT2D eigenvalue weighted by Gasteiger charge is -2.06. The molecule has 0 aliphatic heterocycles. The van der Waals surface area contributed by atoms with Gasteiger partial charge in [0.15, 0.2) is 17.2 Å². The maximum absolute atomic E-state index is 9.99. The molecule has 0 bridgehead atoms. The summed E-state index contributed by atoms with van der Waals surface area (Å²) in [4.78, 5) is 9.99. The fourth-order valence-electron chi connectivity index (χ4n) is 0.759. The van der Waals surface area contributed by atoms with Crippen molar-refractivity contribution in [3.63, 3.8) is 0 Å². The molecule has 0 radical (unpaired) electrons. The Morgan fingerprint density at radius 3 is 1.31 bits per heavy atom. The highest BCUT2D eigenvalue weighted by Crippen LogP contribution is 2.54. The Kier molecular flexibility index (Phi) is 1.85. The van der Waals surface area contributed by atoms with Gasteiger partial charge in [0.25, 0.3) is 0 Å². The van der Waals surface area contributed by atoms with Crippen molar-refractivity contribution in [2.24, 2.45) is 5.18 Å². The molecule has 0 aliphatic carbocycles. The monoisotopic (exact) mass is 187 g/mol. The molecule has 7 nitrogen and oxygen atoms in total. The molecule has 0 atom stereocenters. The van der Waals surface area contributed by atoms with Gasteiger partial charge >= 0.3 is 0 Å². The minimum Gasteiger partial charge on any atom is -0.502 e. The third kappa shape index (κ3) is 1.06. The first-order valence-electron chi connectivity index (χ1n) is 3.02. The lowest BCUT2D eigenvalue weighted by atomic mass is 10.2. The second kappa shape index (κ2) is 2.70. The van der Waals surface area contributed by atoms with E-state index in [4.69, 9.17) is 25.5 Å². The van der Waals surface area contributed by atoms with E-state index in [0.717, 1.165) is 0 Å². The Balaban J connectivity index is 3.66. The zero-order valence-corrected chi connectivity index (χ0v) is 6.09. The van der Waals surface area contributed by atoms with E-state index in [1.54, 1.807) is 0 Å². The number of hydrogen-bond donors (Lipinski definition) is 5. The van der Waals surface area contributed by atoms with Crippen LogP contribution in [0.5, 0.6) is 28.7 Å². The summed E-state index contributed by atoms with van der Waals surface area (Å²) < 4.78 is 0. The molecule has 7 heteroatoms. The van der Waals surface area contributed by atoms with Crippen LogP contribution in [0.4, 0.5) is 5.69 Å². The molecule has 0 saturated heterocycles. The van der Waals surface area contributed by atoms with Gasteiger partial charge in [0, 0.05) is 0 Å². The number of rotatable bonds is 1. The number of nitrogens with zero attached hydrogens (tertiary/aromatic N) is 1. The van der Waals surface area contributed by atoms with E-state index in [1.165, 1.54) is 0 Å². The van der Waals surface area contributed by atoms with Gasteiger partial charge in [-0.15, -0.1) is 4.91 Å². The molecule has 0 unspecified atom stereocenters. The van der Waals surface area contributed by atoms with E-state index in [-0.39, 0.29) is 0 Å². The van der Waals surface area contributed by atoms with Crippen molar-refractivity contribution in [1.82, 2.24) is 0 Å². The first kappa shape index (κ1) is 8.91. The predicted octanol–water partition coefficient (Wildman–Crippen LogP) is 0.612. The smallest absolute Gasteiger partial charge is 0.208 e. The van der Waals surface area contributed by atoms with E-state index in [0.29, 0.717) is 0 Å². The third-order valence-corrected chi connectivity index (χ3v) is 1.44. The second-order valence-electron chi connectivity index (χ2n) is 2.18. The fraction of sp³-hybridized carbons (Fsp3) is 0. The maximum atomic E-state index is 9.99. The minimum atomic E-state index is -1.12.